The molecule has 2 rings (SSSR count). The Hall–Kier alpha value is -0.900. The maximum atomic E-state index is 6.53. The number of aryl methyl sites for hydroxylation is 1. The molecule has 1 fully saturated rings. The highest BCUT2D eigenvalue weighted by Gasteiger charge is 2.40. The third-order valence-electron chi connectivity index (χ3n) is 4.06. The Morgan fingerprint density at radius 1 is 1.32 bits per heavy atom. The van der Waals surface area contributed by atoms with E-state index in [1.807, 2.05) is 6.92 Å². The summed E-state index contributed by atoms with van der Waals surface area (Å²) in [4.78, 5) is 0. The van der Waals surface area contributed by atoms with E-state index < -0.39 is 0 Å². The van der Waals surface area contributed by atoms with Gasteiger partial charge < -0.3 is 15.2 Å². The zero-order valence-corrected chi connectivity index (χ0v) is 12.0. The van der Waals surface area contributed by atoms with Crippen LogP contribution in [0.5, 0.6) is 0 Å². The van der Waals surface area contributed by atoms with Crippen molar-refractivity contribution in [3.63, 3.8) is 0 Å². The minimum atomic E-state index is -0.265. The van der Waals surface area contributed by atoms with E-state index in [9.17, 15) is 0 Å². The van der Waals surface area contributed by atoms with E-state index >= 15 is 0 Å². The van der Waals surface area contributed by atoms with E-state index in [0.29, 0.717) is 6.61 Å². The lowest BCUT2D eigenvalue weighted by molar-refractivity contribution is -0.121. The van der Waals surface area contributed by atoms with E-state index in [4.69, 9.17) is 15.2 Å². The molecule has 0 aliphatic carbocycles. The Morgan fingerprint density at radius 3 is 2.68 bits per heavy atom. The third-order valence-corrected chi connectivity index (χ3v) is 4.06. The summed E-state index contributed by atoms with van der Waals surface area (Å²) >= 11 is 0. The zero-order valence-electron chi connectivity index (χ0n) is 12.0. The minimum absolute atomic E-state index is 0.0807. The molecule has 1 aliphatic heterocycles. The molecule has 1 saturated heterocycles. The van der Waals surface area contributed by atoms with Crippen molar-refractivity contribution in [2.45, 2.75) is 44.8 Å². The Kier molecular flexibility index (Phi) is 4.97. The molecule has 1 aliphatic rings. The van der Waals surface area contributed by atoms with Gasteiger partial charge in [-0.25, -0.2) is 0 Å². The zero-order chi connectivity index (χ0) is 13.7. The van der Waals surface area contributed by atoms with Gasteiger partial charge in [-0.05, 0) is 24.5 Å². The van der Waals surface area contributed by atoms with Gasteiger partial charge in [0.05, 0.1) is 11.6 Å². The molecule has 0 amide bonds. The van der Waals surface area contributed by atoms with Gasteiger partial charge in [-0.2, -0.15) is 0 Å². The number of nitrogens with two attached hydrogens (primary N) is 1. The Labute approximate surface area is 116 Å². The van der Waals surface area contributed by atoms with Crippen LogP contribution in [0.3, 0.4) is 0 Å². The van der Waals surface area contributed by atoms with Gasteiger partial charge in [0.25, 0.3) is 0 Å². The summed E-state index contributed by atoms with van der Waals surface area (Å²) in [6.07, 6.45) is 2.78. The summed E-state index contributed by atoms with van der Waals surface area (Å²) in [5.41, 5.74) is 8.77. The summed E-state index contributed by atoms with van der Waals surface area (Å²) in [7, 11) is 0. The molecular formula is C16H25NO2. The number of rotatable bonds is 5. The molecule has 106 valence electrons. The monoisotopic (exact) mass is 263 g/mol. The van der Waals surface area contributed by atoms with Crippen LogP contribution in [0, 0.1) is 0 Å². The van der Waals surface area contributed by atoms with Crippen LogP contribution in [-0.4, -0.2) is 25.4 Å². The number of ether oxygens (including phenoxy) is 2. The fourth-order valence-electron chi connectivity index (χ4n) is 2.86. The van der Waals surface area contributed by atoms with Crippen LogP contribution in [0.25, 0.3) is 0 Å². The van der Waals surface area contributed by atoms with E-state index in [0.717, 1.165) is 32.5 Å². The average Bonchev–Trinajstić information content (AvgIpc) is 2.48. The molecule has 0 aromatic heterocycles. The molecule has 0 saturated carbocycles. The topological polar surface area (TPSA) is 44.5 Å². The van der Waals surface area contributed by atoms with Crippen molar-refractivity contribution in [2.75, 3.05) is 19.8 Å². The van der Waals surface area contributed by atoms with Gasteiger partial charge in [-0.15, -0.1) is 0 Å². The lowest BCUT2D eigenvalue weighted by Gasteiger charge is -2.41. The molecule has 0 radical (unpaired) electrons. The molecular weight excluding hydrogens is 238 g/mol. The van der Waals surface area contributed by atoms with Gasteiger partial charge in [0.1, 0.15) is 0 Å². The molecule has 1 heterocycles. The summed E-state index contributed by atoms with van der Waals surface area (Å²) < 4.78 is 11.5. The van der Waals surface area contributed by atoms with Crippen molar-refractivity contribution in [2.24, 2.45) is 5.73 Å². The van der Waals surface area contributed by atoms with E-state index in [1.54, 1.807) is 0 Å². The highest BCUT2D eigenvalue weighted by atomic mass is 16.5. The highest BCUT2D eigenvalue weighted by molar-refractivity contribution is 5.28. The molecule has 1 aromatic carbocycles. The second-order valence-electron chi connectivity index (χ2n) is 5.19. The molecule has 1 atom stereocenters. The lowest BCUT2D eigenvalue weighted by Crippen LogP contribution is -2.48. The lowest BCUT2D eigenvalue weighted by atomic mass is 9.82. The predicted molar refractivity (Wildman–Crippen MR) is 77.2 cm³/mol. The molecule has 1 unspecified atom stereocenters. The maximum absolute atomic E-state index is 6.53. The molecule has 0 spiro atoms. The molecule has 0 bridgehead atoms. The quantitative estimate of drug-likeness (QED) is 0.888. The molecule has 2 N–H and O–H groups in total. The smallest absolute Gasteiger partial charge is 0.0917 e. The Bertz CT molecular complexity index is 394. The van der Waals surface area contributed by atoms with Gasteiger partial charge in [0, 0.05) is 32.7 Å². The van der Waals surface area contributed by atoms with Crippen molar-refractivity contribution >= 4 is 0 Å². The van der Waals surface area contributed by atoms with Crippen LogP contribution in [0.15, 0.2) is 24.3 Å². The first-order valence-corrected chi connectivity index (χ1v) is 7.28. The summed E-state index contributed by atoms with van der Waals surface area (Å²) in [5, 5.41) is 0. The predicted octanol–water partition coefficient (Wildman–Crippen LogP) is 2.83. The first-order valence-electron chi connectivity index (χ1n) is 7.28. The first-order chi connectivity index (χ1) is 9.22. The molecule has 1 aromatic rings. The van der Waals surface area contributed by atoms with Crippen LogP contribution in [-0.2, 0) is 15.9 Å². The number of hydrogen-bond acceptors (Lipinski definition) is 3. The van der Waals surface area contributed by atoms with Crippen LogP contribution in [0.4, 0.5) is 0 Å². The minimum Gasteiger partial charge on any atom is -0.381 e. The van der Waals surface area contributed by atoms with Crippen LogP contribution in [0.1, 0.15) is 43.9 Å². The van der Waals surface area contributed by atoms with Crippen molar-refractivity contribution in [1.82, 2.24) is 0 Å². The van der Waals surface area contributed by atoms with Crippen molar-refractivity contribution < 1.29 is 9.47 Å². The Balaban J connectivity index is 2.24. The maximum Gasteiger partial charge on any atom is 0.0917 e. The van der Waals surface area contributed by atoms with Gasteiger partial charge in [0.15, 0.2) is 0 Å². The number of benzene rings is 1. The average molecular weight is 263 g/mol. The van der Waals surface area contributed by atoms with Gasteiger partial charge >= 0.3 is 0 Å². The first kappa shape index (κ1) is 14.5. The second kappa shape index (κ2) is 6.51. The van der Waals surface area contributed by atoms with Crippen molar-refractivity contribution in [1.29, 1.82) is 0 Å². The SMILES string of the molecule is CCOC1(C(N)c2cccc(CC)c2)CCOCC1. The second-order valence-corrected chi connectivity index (χ2v) is 5.19. The molecule has 3 heteroatoms. The molecule has 19 heavy (non-hydrogen) atoms. The van der Waals surface area contributed by atoms with Crippen LogP contribution >= 0.6 is 0 Å². The van der Waals surface area contributed by atoms with E-state index in [2.05, 4.69) is 31.2 Å². The normalized spacial score (nSPS) is 20.2. The van der Waals surface area contributed by atoms with Gasteiger partial charge in [-0.1, -0.05) is 31.2 Å². The third kappa shape index (κ3) is 3.16. The Morgan fingerprint density at radius 2 is 2.05 bits per heavy atom. The van der Waals surface area contributed by atoms with Gasteiger partial charge in [-0.3, -0.25) is 0 Å². The fourth-order valence-corrected chi connectivity index (χ4v) is 2.86. The van der Waals surface area contributed by atoms with Crippen LogP contribution < -0.4 is 5.73 Å². The van der Waals surface area contributed by atoms with Crippen molar-refractivity contribution in [3.8, 4) is 0 Å². The summed E-state index contributed by atoms with van der Waals surface area (Å²) in [6, 6.07) is 8.48. The number of hydrogen-bond donors (Lipinski definition) is 1. The van der Waals surface area contributed by atoms with Crippen molar-refractivity contribution in [3.05, 3.63) is 35.4 Å². The highest BCUT2D eigenvalue weighted by Crippen LogP contribution is 2.36. The standard InChI is InChI=1S/C16H25NO2/c1-3-13-6-5-7-14(12-13)15(17)16(19-4-2)8-10-18-11-9-16/h5-7,12,15H,3-4,8-11,17H2,1-2H3. The largest absolute Gasteiger partial charge is 0.381 e. The fraction of sp³-hybridized carbons (Fsp3) is 0.625. The van der Waals surface area contributed by atoms with Gasteiger partial charge in [0.2, 0.25) is 0 Å². The summed E-state index contributed by atoms with van der Waals surface area (Å²) in [6.45, 7) is 6.37. The van der Waals surface area contributed by atoms with E-state index in [-0.39, 0.29) is 11.6 Å². The molecule has 3 nitrogen and oxygen atoms in total. The summed E-state index contributed by atoms with van der Waals surface area (Å²) in [5.74, 6) is 0. The van der Waals surface area contributed by atoms with Crippen LogP contribution in [0.2, 0.25) is 0 Å². The van der Waals surface area contributed by atoms with E-state index in [1.165, 1.54) is 11.1 Å².